The molecule has 0 spiro atoms. The zero-order chi connectivity index (χ0) is 14.6. The van der Waals surface area contributed by atoms with E-state index in [1.165, 1.54) is 12.5 Å². The van der Waals surface area contributed by atoms with Crippen LogP contribution in [0.5, 0.6) is 0 Å². The molecule has 0 saturated heterocycles. The third-order valence-electron chi connectivity index (χ3n) is 4.19. The van der Waals surface area contributed by atoms with E-state index in [0.29, 0.717) is 12.2 Å². The van der Waals surface area contributed by atoms with E-state index in [9.17, 15) is 9.59 Å². The molecule has 0 heterocycles. The number of amides is 2. The van der Waals surface area contributed by atoms with Gasteiger partial charge in [-0.3, -0.25) is 0 Å². The van der Waals surface area contributed by atoms with Crippen LogP contribution in [0, 0.1) is 5.41 Å². The second-order valence-corrected chi connectivity index (χ2v) is 5.37. The average molecular weight is 276 g/mol. The van der Waals surface area contributed by atoms with Crippen LogP contribution in [0.15, 0.2) is 24.3 Å². The molecule has 2 amide bonds. The lowest BCUT2D eigenvalue weighted by Gasteiger charge is -2.41. The highest BCUT2D eigenvalue weighted by molar-refractivity contribution is 5.99. The molecule has 3 N–H and O–H groups in total. The number of para-hydroxylation sites is 1. The highest BCUT2D eigenvalue weighted by Gasteiger charge is 2.35. The van der Waals surface area contributed by atoms with Gasteiger partial charge in [-0.15, -0.1) is 0 Å². The van der Waals surface area contributed by atoms with Crippen molar-refractivity contribution in [2.24, 2.45) is 5.41 Å². The van der Waals surface area contributed by atoms with E-state index in [-0.39, 0.29) is 17.0 Å². The Morgan fingerprint density at radius 3 is 2.55 bits per heavy atom. The van der Waals surface area contributed by atoms with Crippen molar-refractivity contribution in [3.05, 3.63) is 29.8 Å². The van der Waals surface area contributed by atoms with E-state index >= 15 is 0 Å². The minimum Gasteiger partial charge on any atom is -0.478 e. The van der Waals surface area contributed by atoms with Crippen molar-refractivity contribution < 1.29 is 14.7 Å². The minimum atomic E-state index is -1.05. The number of aromatic carboxylic acids is 1. The molecule has 1 aliphatic rings. The lowest BCUT2D eigenvalue weighted by Crippen LogP contribution is -2.43. The van der Waals surface area contributed by atoms with Crippen LogP contribution in [0.4, 0.5) is 10.5 Å². The molecule has 0 aromatic heterocycles. The zero-order valence-corrected chi connectivity index (χ0v) is 11.6. The Kier molecular flexibility index (Phi) is 4.27. The number of carboxylic acids is 1. The topological polar surface area (TPSA) is 78.4 Å². The van der Waals surface area contributed by atoms with E-state index < -0.39 is 5.97 Å². The summed E-state index contributed by atoms with van der Waals surface area (Å²) >= 11 is 0. The fourth-order valence-electron chi connectivity index (χ4n) is 2.55. The number of hydrogen-bond acceptors (Lipinski definition) is 2. The monoisotopic (exact) mass is 276 g/mol. The van der Waals surface area contributed by atoms with Crippen LogP contribution >= 0.6 is 0 Å². The van der Waals surface area contributed by atoms with Crippen LogP contribution in [0.2, 0.25) is 0 Å². The van der Waals surface area contributed by atoms with Crippen molar-refractivity contribution in [2.75, 3.05) is 11.9 Å². The molecule has 0 unspecified atom stereocenters. The largest absolute Gasteiger partial charge is 0.478 e. The summed E-state index contributed by atoms with van der Waals surface area (Å²) in [6.45, 7) is 2.78. The number of rotatable bonds is 5. The Hall–Kier alpha value is -2.04. The Bertz CT molecular complexity index is 504. The second-order valence-electron chi connectivity index (χ2n) is 5.37. The van der Waals surface area contributed by atoms with Gasteiger partial charge in [0.05, 0.1) is 11.3 Å². The number of carbonyl (C=O) groups is 2. The number of carbonyl (C=O) groups excluding carboxylic acids is 1. The zero-order valence-electron chi connectivity index (χ0n) is 11.6. The fourth-order valence-corrected chi connectivity index (χ4v) is 2.55. The van der Waals surface area contributed by atoms with Gasteiger partial charge < -0.3 is 15.7 Å². The third-order valence-corrected chi connectivity index (χ3v) is 4.19. The van der Waals surface area contributed by atoms with E-state index in [0.717, 1.165) is 19.3 Å². The van der Waals surface area contributed by atoms with Crippen LogP contribution in [-0.2, 0) is 0 Å². The number of urea groups is 1. The number of hydrogen-bond donors (Lipinski definition) is 3. The average Bonchev–Trinajstić information content (AvgIpc) is 2.38. The van der Waals surface area contributed by atoms with Gasteiger partial charge in [-0.2, -0.15) is 0 Å². The number of benzene rings is 1. The number of nitrogens with one attached hydrogen (secondary N) is 2. The molecule has 1 saturated carbocycles. The first-order valence-corrected chi connectivity index (χ1v) is 6.93. The molecule has 1 fully saturated rings. The van der Waals surface area contributed by atoms with Crippen LogP contribution < -0.4 is 10.6 Å². The lowest BCUT2D eigenvalue weighted by molar-refractivity contribution is 0.0698. The normalized spacial score (nSPS) is 16.1. The van der Waals surface area contributed by atoms with E-state index in [4.69, 9.17) is 5.11 Å². The molecule has 20 heavy (non-hydrogen) atoms. The maximum absolute atomic E-state index is 11.9. The molecule has 0 atom stereocenters. The first kappa shape index (κ1) is 14.4. The van der Waals surface area contributed by atoms with Gasteiger partial charge in [-0.05, 0) is 36.8 Å². The smallest absolute Gasteiger partial charge is 0.337 e. The van der Waals surface area contributed by atoms with Crippen LogP contribution in [0.3, 0.4) is 0 Å². The molecular formula is C15H20N2O3. The van der Waals surface area contributed by atoms with Gasteiger partial charge in [0, 0.05) is 6.54 Å². The molecule has 5 nitrogen and oxygen atoms in total. The van der Waals surface area contributed by atoms with Gasteiger partial charge in [0.15, 0.2) is 0 Å². The van der Waals surface area contributed by atoms with Crippen molar-refractivity contribution in [3.8, 4) is 0 Å². The first-order chi connectivity index (χ1) is 9.56. The van der Waals surface area contributed by atoms with Crippen molar-refractivity contribution in [2.45, 2.75) is 32.6 Å². The molecule has 5 heteroatoms. The molecule has 0 aliphatic heterocycles. The Labute approximate surface area is 118 Å². The third kappa shape index (κ3) is 3.10. The Morgan fingerprint density at radius 2 is 2.00 bits per heavy atom. The highest BCUT2D eigenvalue weighted by atomic mass is 16.4. The van der Waals surface area contributed by atoms with E-state index in [2.05, 4.69) is 17.6 Å². The molecule has 1 aromatic carbocycles. The van der Waals surface area contributed by atoms with Crippen molar-refractivity contribution in [1.29, 1.82) is 0 Å². The van der Waals surface area contributed by atoms with Gasteiger partial charge >= 0.3 is 12.0 Å². The summed E-state index contributed by atoms with van der Waals surface area (Å²) < 4.78 is 0. The van der Waals surface area contributed by atoms with E-state index in [1.54, 1.807) is 18.2 Å². The quantitative estimate of drug-likeness (QED) is 0.773. The van der Waals surface area contributed by atoms with Crippen molar-refractivity contribution in [1.82, 2.24) is 5.32 Å². The Balaban J connectivity index is 1.93. The summed E-state index contributed by atoms with van der Waals surface area (Å²) in [5, 5.41) is 14.5. The molecule has 0 bridgehead atoms. The molecular weight excluding hydrogens is 256 g/mol. The summed E-state index contributed by atoms with van der Waals surface area (Å²) in [6, 6.07) is 6.03. The van der Waals surface area contributed by atoms with Gasteiger partial charge in [0.2, 0.25) is 0 Å². The lowest BCUT2D eigenvalue weighted by atomic mass is 9.67. The van der Waals surface area contributed by atoms with Gasteiger partial charge in [0.1, 0.15) is 0 Å². The SMILES string of the molecule is CCC1(CNC(=O)Nc2ccccc2C(=O)O)CCC1. The standard InChI is InChI=1S/C15H20N2O3/c1-2-15(8-5-9-15)10-16-14(20)17-12-7-4-3-6-11(12)13(18)19/h3-4,6-7H,2,5,8-10H2,1H3,(H,18,19)(H2,16,17,20). The molecule has 1 aromatic rings. The summed E-state index contributed by atoms with van der Waals surface area (Å²) in [4.78, 5) is 22.9. The Morgan fingerprint density at radius 1 is 1.30 bits per heavy atom. The summed E-state index contributed by atoms with van der Waals surface area (Å²) in [6.07, 6.45) is 4.57. The van der Waals surface area contributed by atoms with Crippen molar-refractivity contribution >= 4 is 17.7 Å². The van der Waals surface area contributed by atoms with E-state index in [1.807, 2.05) is 0 Å². The van der Waals surface area contributed by atoms with Gasteiger partial charge in [0.25, 0.3) is 0 Å². The second kappa shape index (κ2) is 5.94. The van der Waals surface area contributed by atoms with Gasteiger partial charge in [-0.1, -0.05) is 25.5 Å². The minimum absolute atomic E-state index is 0.0940. The summed E-state index contributed by atoms with van der Waals surface area (Å²) in [5.74, 6) is -1.05. The fraction of sp³-hybridized carbons (Fsp3) is 0.467. The number of anilines is 1. The maximum atomic E-state index is 11.9. The van der Waals surface area contributed by atoms with Gasteiger partial charge in [-0.25, -0.2) is 9.59 Å². The summed E-state index contributed by atoms with van der Waals surface area (Å²) in [7, 11) is 0. The van der Waals surface area contributed by atoms with Crippen LogP contribution in [0.25, 0.3) is 0 Å². The van der Waals surface area contributed by atoms with Crippen LogP contribution in [-0.4, -0.2) is 23.7 Å². The number of carboxylic acid groups (broad SMARTS) is 1. The molecule has 0 radical (unpaired) electrons. The molecule has 1 aliphatic carbocycles. The molecule has 2 rings (SSSR count). The first-order valence-electron chi connectivity index (χ1n) is 6.93. The maximum Gasteiger partial charge on any atom is 0.337 e. The molecule has 108 valence electrons. The summed E-state index contributed by atoms with van der Waals surface area (Å²) in [5.41, 5.74) is 0.650. The van der Waals surface area contributed by atoms with Crippen LogP contribution in [0.1, 0.15) is 43.0 Å². The predicted molar refractivity (Wildman–Crippen MR) is 77.0 cm³/mol. The van der Waals surface area contributed by atoms with Crippen molar-refractivity contribution in [3.63, 3.8) is 0 Å². The highest BCUT2D eigenvalue weighted by Crippen LogP contribution is 2.43. The predicted octanol–water partition coefficient (Wildman–Crippen LogP) is 3.09.